The lowest BCUT2D eigenvalue weighted by Gasteiger charge is -1.99. The number of hydrazone groups is 1. The Labute approximate surface area is 158 Å². The van der Waals surface area contributed by atoms with E-state index in [0.29, 0.717) is 21.3 Å². The van der Waals surface area contributed by atoms with E-state index >= 15 is 0 Å². The Morgan fingerprint density at radius 3 is 2.56 bits per heavy atom. The lowest BCUT2D eigenvalue weighted by Crippen LogP contribution is -2.19. The van der Waals surface area contributed by atoms with Gasteiger partial charge in [0.15, 0.2) is 0 Å². The standard InChI is InChI=1S/C18H14FN5O2S/c19-14-8-6-12(7-9-14)11-20-22-15(25)10-16-23-24-18(27-16)21-17(26)13-4-2-1-3-5-13/h1-9,11H,10H2,(H,22,25)(H,21,24,26). The maximum absolute atomic E-state index is 12.8. The molecule has 0 spiro atoms. The molecule has 0 saturated heterocycles. The number of aromatic nitrogens is 2. The van der Waals surface area contributed by atoms with Crippen LogP contribution in [0.5, 0.6) is 0 Å². The van der Waals surface area contributed by atoms with Gasteiger partial charge in [0, 0.05) is 5.56 Å². The van der Waals surface area contributed by atoms with Crippen molar-refractivity contribution in [1.29, 1.82) is 0 Å². The Kier molecular flexibility index (Phi) is 5.95. The van der Waals surface area contributed by atoms with Crippen LogP contribution in [0.1, 0.15) is 20.9 Å². The third-order valence-corrected chi connectivity index (χ3v) is 4.15. The minimum absolute atomic E-state index is 0.0281. The van der Waals surface area contributed by atoms with Crippen molar-refractivity contribution in [3.8, 4) is 0 Å². The third-order valence-electron chi connectivity index (χ3n) is 3.31. The molecule has 0 atom stereocenters. The van der Waals surface area contributed by atoms with E-state index in [9.17, 15) is 14.0 Å². The highest BCUT2D eigenvalue weighted by atomic mass is 32.1. The van der Waals surface area contributed by atoms with E-state index in [1.54, 1.807) is 24.3 Å². The highest BCUT2D eigenvalue weighted by molar-refractivity contribution is 7.15. The molecule has 0 saturated carbocycles. The van der Waals surface area contributed by atoms with Crippen molar-refractivity contribution in [3.05, 3.63) is 76.5 Å². The van der Waals surface area contributed by atoms with Crippen LogP contribution < -0.4 is 10.7 Å². The van der Waals surface area contributed by atoms with Gasteiger partial charge in [-0.1, -0.05) is 41.7 Å². The Hall–Kier alpha value is -3.46. The summed E-state index contributed by atoms with van der Waals surface area (Å²) in [4.78, 5) is 23.9. The fraction of sp³-hybridized carbons (Fsp3) is 0.0556. The van der Waals surface area contributed by atoms with Crippen molar-refractivity contribution in [2.45, 2.75) is 6.42 Å². The summed E-state index contributed by atoms with van der Waals surface area (Å²) in [7, 11) is 0. The number of hydrogen-bond acceptors (Lipinski definition) is 6. The third kappa shape index (κ3) is 5.51. The quantitative estimate of drug-likeness (QED) is 0.505. The molecular weight excluding hydrogens is 369 g/mol. The van der Waals surface area contributed by atoms with Crippen LogP contribution in [-0.4, -0.2) is 28.2 Å². The second-order valence-electron chi connectivity index (χ2n) is 5.34. The molecule has 2 amide bonds. The van der Waals surface area contributed by atoms with Gasteiger partial charge in [-0.3, -0.25) is 14.9 Å². The number of carbonyl (C=O) groups excluding carboxylic acids is 2. The number of nitrogens with one attached hydrogen (secondary N) is 2. The molecule has 136 valence electrons. The van der Waals surface area contributed by atoms with Crippen molar-refractivity contribution < 1.29 is 14.0 Å². The van der Waals surface area contributed by atoms with Gasteiger partial charge in [-0.25, -0.2) is 9.82 Å². The van der Waals surface area contributed by atoms with Crippen LogP contribution in [0.3, 0.4) is 0 Å². The number of rotatable bonds is 6. The van der Waals surface area contributed by atoms with E-state index < -0.39 is 0 Å². The first kappa shape index (κ1) is 18.3. The smallest absolute Gasteiger partial charge is 0.257 e. The van der Waals surface area contributed by atoms with Gasteiger partial charge in [0.2, 0.25) is 11.0 Å². The summed E-state index contributed by atoms with van der Waals surface area (Å²) in [6, 6.07) is 14.4. The van der Waals surface area contributed by atoms with Gasteiger partial charge >= 0.3 is 0 Å². The Balaban J connectivity index is 1.50. The highest BCUT2D eigenvalue weighted by Crippen LogP contribution is 2.16. The first-order valence-electron chi connectivity index (χ1n) is 7.86. The van der Waals surface area contributed by atoms with E-state index in [1.807, 2.05) is 6.07 Å². The van der Waals surface area contributed by atoms with Gasteiger partial charge in [-0.2, -0.15) is 5.10 Å². The number of halogens is 1. The lowest BCUT2D eigenvalue weighted by atomic mass is 10.2. The maximum atomic E-state index is 12.8. The highest BCUT2D eigenvalue weighted by Gasteiger charge is 2.12. The summed E-state index contributed by atoms with van der Waals surface area (Å²) in [5, 5.41) is 14.9. The second-order valence-corrected chi connectivity index (χ2v) is 6.40. The molecule has 2 aromatic carbocycles. The average Bonchev–Trinajstić information content (AvgIpc) is 3.10. The molecule has 0 bridgehead atoms. The van der Waals surface area contributed by atoms with Crippen molar-refractivity contribution >= 4 is 34.5 Å². The fourth-order valence-corrected chi connectivity index (χ4v) is 2.77. The number of amides is 2. The summed E-state index contributed by atoms with van der Waals surface area (Å²) < 4.78 is 12.8. The molecule has 1 aromatic heterocycles. The summed E-state index contributed by atoms with van der Waals surface area (Å²) in [6.45, 7) is 0. The maximum Gasteiger partial charge on any atom is 0.257 e. The van der Waals surface area contributed by atoms with Gasteiger partial charge in [0.1, 0.15) is 10.8 Å². The van der Waals surface area contributed by atoms with Crippen LogP contribution in [0.2, 0.25) is 0 Å². The van der Waals surface area contributed by atoms with Crippen LogP contribution in [0.4, 0.5) is 9.52 Å². The van der Waals surface area contributed by atoms with E-state index in [0.717, 1.165) is 11.3 Å². The molecule has 3 rings (SSSR count). The Morgan fingerprint density at radius 2 is 1.81 bits per heavy atom. The number of nitrogens with zero attached hydrogens (tertiary/aromatic N) is 3. The summed E-state index contributed by atoms with van der Waals surface area (Å²) in [6.07, 6.45) is 1.38. The lowest BCUT2D eigenvalue weighted by molar-refractivity contribution is -0.120. The van der Waals surface area contributed by atoms with E-state index in [-0.39, 0.29) is 24.1 Å². The van der Waals surface area contributed by atoms with E-state index in [2.05, 4.69) is 26.0 Å². The van der Waals surface area contributed by atoms with Gasteiger partial charge in [0.25, 0.3) is 5.91 Å². The molecule has 0 fully saturated rings. The molecule has 0 radical (unpaired) electrons. The SMILES string of the molecule is O=C(Cc1nnc(NC(=O)c2ccccc2)s1)NN=Cc1ccc(F)cc1. The monoisotopic (exact) mass is 383 g/mol. The zero-order valence-electron chi connectivity index (χ0n) is 13.9. The van der Waals surface area contributed by atoms with Crippen LogP contribution >= 0.6 is 11.3 Å². The summed E-state index contributed by atoms with van der Waals surface area (Å²) in [5.74, 6) is -1.03. The van der Waals surface area contributed by atoms with Crippen molar-refractivity contribution in [2.24, 2.45) is 5.10 Å². The van der Waals surface area contributed by atoms with Crippen LogP contribution in [0, 0.1) is 5.82 Å². The summed E-state index contributed by atoms with van der Waals surface area (Å²) in [5.41, 5.74) is 3.51. The van der Waals surface area contributed by atoms with Gasteiger partial charge in [0.05, 0.1) is 12.6 Å². The number of benzene rings is 2. The van der Waals surface area contributed by atoms with Crippen molar-refractivity contribution in [1.82, 2.24) is 15.6 Å². The molecule has 0 aliphatic carbocycles. The van der Waals surface area contributed by atoms with Crippen molar-refractivity contribution in [3.63, 3.8) is 0 Å². The molecule has 3 aromatic rings. The first-order chi connectivity index (χ1) is 13.1. The molecule has 0 aliphatic rings. The van der Waals surface area contributed by atoms with Crippen LogP contribution in [0.15, 0.2) is 59.7 Å². The average molecular weight is 383 g/mol. The fourth-order valence-electron chi connectivity index (χ4n) is 2.04. The molecule has 0 unspecified atom stereocenters. The Bertz CT molecular complexity index is 957. The number of hydrogen-bond donors (Lipinski definition) is 2. The molecular formula is C18H14FN5O2S. The minimum atomic E-state index is -0.384. The molecule has 0 aliphatic heterocycles. The van der Waals surface area contributed by atoms with Crippen LogP contribution in [0.25, 0.3) is 0 Å². The number of carbonyl (C=O) groups is 2. The number of anilines is 1. The normalized spacial score (nSPS) is 10.7. The first-order valence-corrected chi connectivity index (χ1v) is 8.68. The molecule has 2 N–H and O–H groups in total. The molecule has 7 nitrogen and oxygen atoms in total. The summed E-state index contributed by atoms with van der Waals surface area (Å²) >= 11 is 1.11. The zero-order valence-corrected chi connectivity index (χ0v) is 14.7. The van der Waals surface area contributed by atoms with Gasteiger partial charge in [-0.05, 0) is 29.8 Å². The zero-order chi connectivity index (χ0) is 19.1. The molecule has 9 heteroatoms. The minimum Gasteiger partial charge on any atom is -0.296 e. The second kappa shape index (κ2) is 8.77. The predicted molar refractivity (Wildman–Crippen MR) is 100 cm³/mol. The van der Waals surface area contributed by atoms with Crippen molar-refractivity contribution in [2.75, 3.05) is 5.32 Å². The van der Waals surface area contributed by atoms with E-state index in [1.165, 1.54) is 30.5 Å². The topological polar surface area (TPSA) is 96.3 Å². The largest absolute Gasteiger partial charge is 0.296 e. The van der Waals surface area contributed by atoms with Crippen LogP contribution in [-0.2, 0) is 11.2 Å². The van der Waals surface area contributed by atoms with Gasteiger partial charge in [-0.15, -0.1) is 10.2 Å². The molecule has 27 heavy (non-hydrogen) atoms. The molecule has 1 heterocycles. The predicted octanol–water partition coefficient (Wildman–Crippen LogP) is 2.62. The van der Waals surface area contributed by atoms with E-state index in [4.69, 9.17) is 0 Å². The Morgan fingerprint density at radius 1 is 1.07 bits per heavy atom. The van der Waals surface area contributed by atoms with Gasteiger partial charge < -0.3 is 0 Å².